The molecule has 1 aromatic carbocycles. The summed E-state index contributed by atoms with van der Waals surface area (Å²) < 4.78 is 14.1. The van der Waals surface area contributed by atoms with Crippen molar-refractivity contribution in [3.8, 4) is 6.07 Å². The van der Waals surface area contributed by atoms with E-state index in [1.54, 1.807) is 24.5 Å². The van der Waals surface area contributed by atoms with Crippen molar-refractivity contribution >= 4 is 21.6 Å². The maximum Gasteiger partial charge on any atom is 0.161 e. The van der Waals surface area contributed by atoms with Crippen LogP contribution in [0, 0.1) is 17.1 Å². The van der Waals surface area contributed by atoms with E-state index in [0.29, 0.717) is 12.2 Å². The lowest BCUT2D eigenvalue weighted by molar-refractivity contribution is 0.623. The monoisotopic (exact) mass is 305 g/mol. The van der Waals surface area contributed by atoms with Gasteiger partial charge in [0.1, 0.15) is 6.07 Å². The van der Waals surface area contributed by atoms with Gasteiger partial charge in [-0.1, -0.05) is 0 Å². The minimum absolute atomic E-state index is 0.185. The second-order valence-corrected chi connectivity index (χ2v) is 4.40. The zero-order valence-electron chi connectivity index (χ0n) is 9.32. The van der Waals surface area contributed by atoms with E-state index in [4.69, 9.17) is 5.26 Å². The molecule has 0 aliphatic rings. The molecule has 1 heterocycles. The number of nitriles is 1. The van der Waals surface area contributed by atoms with Crippen LogP contribution in [0.1, 0.15) is 11.1 Å². The molecule has 0 saturated heterocycles. The number of hydrogen-bond donors (Lipinski definition) is 1. The smallest absolute Gasteiger partial charge is 0.161 e. The highest BCUT2D eigenvalue weighted by atomic mass is 79.9. The Morgan fingerprint density at radius 2 is 2.00 bits per heavy atom. The van der Waals surface area contributed by atoms with Crippen LogP contribution >= 0.6 is 15.9 Å². The third-order valence-corrected chi connectivity index (χ3v) is 3.21. The Bertz CT molecular complexity index is 593. The molecule has 2 aromatic rings. The molecule has 18 heavy (non-hydrogen) atoms. The number of nitrogens with one attached hydrogen (secondary N) is 1. The van der Waals surface area contributed by atoms with E-state index in [2.05, 4.69) is 26.2 Å². The first-order valence-electron chi connectivity index (χ1n) is 5.23. The maximum atomic E-state index is 13.9. The fourth-order valence-corrected chi connectivity index (χ4v) is 1.90. The molecule has 0 fully saturated rings. The summed E-state index contributed by atoms with van der Waals surface area (Å²) in [5, 5.41) is 11.7. The normalized spacial score (nSPS) is 9.83. The fourth-order valence-electron chi connectivity index (χ4n) is 1.47. The topological polar surface area (TPSA) is 48.7 Å². The molecule has 0 radical (unpaired) electrons. The lowest BCUT2D eigenvalue weighted by Crippen LogP contribution is -2.02. The van der Waals surface area contributed by atoms with Crippen LogP contribution in [0.2, 0.25) is 0 Å². The van der Waals surface area contributed by atoms with Crippen molar-refractivity contribution in [1.29, 1.82) is 5.26 Å². The number of benzene rings is 1. The Hall–Kier alpha value is -1.93. The van der Waals surface area contributed by atoms with E-state index < -0.39 is 5.82 Å². The summed E-state index contributed by atoms with van der Waals surface area (Å²) >= 11 is 3.07. The van der Waals surface area contributed by atoms with Gasteiger partial charge in [0, 0.05) is 18.9 Å². The zero-order valence-corrected chi connectivity index (χ0v) is 10.9. The number of halogens is 2. The summed E-state index contributed by atoms with van der Waals surface area (Å²) in [5.41, 5.74) is 1.64. The van der Waals surface area contributed by atoms with Crippen LogP contribution in [0.4, 0.5) is 10.1 Å². The van der Waals surface area contributed by atoms with Crippen LogP contribution in [-0.2, 0) is 6.54 Å². The van der Waals surface area contributed by atoms with Crippen molar-refractivity contribution in [1.82, 2.24) is 4.98 Å². The van der Waals surface area contributed by atoms with Gasteiger partial charge in [-0.15, -0.1) is 0 Å². The molecule has 0 amide bonds. The van der Waals surface area contributed by atoms with Crippen molar-refractivity contribution in [3.63, 3.8) is 0 Å². The highest BCUT2D eigenvalue weighted by Gasteiger charge is 2.10. The van der Waals surface area contributed by atoms with Crippen molar-refractivity contribution in [3.05, 3.63) is 58.1 Å². The van der Waals surface area contributed by atoms with Gasteiger partial charge in [-0.2, -0.15) is 5.26 Å². The molecule has 0 atom stereocenters. The number of aromatic nitrogens is 1. The SMILES string of the molecule is N#Cc1ccc(NCc2ccncc2)c(F)c1Br. The maximum absolute atomic E-state index is 13.9. The van der Waals surface area contributed by atoms with Crippen LogP contribution < -0.4 is 5.32 Å². The Kier molecular flexibility index (Phi) is 3.90. The molecule has 2 rings (SSSR count). The van der Waals surface area contributed by atoms with Crippen LogP contribution in [0.25, 0.3) is 0 Å². The van der Waals surface area contributed by atoms with Gasteiger partial charge in [0.25, 0.3) is 0 Å². The summed E-state index contributed by atoms with van der Waals surface area (Å²) in [6, 6.07) is 8.74. The average molecular weight is 306 g/mol. The molecule has 0 bridgehead atoms. The van der Waals surface area contributed by atoms with Crippen molar-refractivity contribution in [2.45, 2.75) is 6.54 Å². The first-order chi connectivity index (χ1) is 8.72. The van der Waals surface area contributed by atoms with Crippen molar-refractivity contribution in [2.75, 3.05) is 5.32 Å². The van der Waals surface area contributed by atoms with E-state index in [1.165, 1.54) is 0 Å². The highest BCUT2D eigenvalue weighted by Crippen LogP contribution is 2.26. The van der Waals surface area contributed by atoms with Crippen LogP contribution in [0.15, 0.2) is 41.1 Å². The highest BCUT2D eigenvalue weighted by molar-refractivity contribution is 9.10. The molecule has 3 nitrogen and oxygen atoms in total. The molecule has 1 N–H and O–H groups in total. The molecule has 0 unspecified atom stereocenters. The Morgan fingerprint density at radius 1 is 1.28 bits per heavy atom. The predicted molar refractivity (Wildman–Crippen MR) is 70.4 cm³/mol. The van der Waals surface area contributed by atoms with E-state index >= 15 is 0 Å². The quantitative estimate of drug-likeness (QED) is 0.944. The summed E-state index contributed by atoms with van der Waals surface area (Å²) in [5.74, 6) is -0.455. The number of nitrogens with zero attached hydrogens (tertiary/aromatic N) is 2. The Balaban J connectivity index is 2.16. The molecule has 90 valence electrons. The second-order valence-electron chi connectivity index (χ2n) is 3.61. The molecule has 0 saturated carbocycles. The number of hydrogen-bond acceptors (Lipinski definition) is 3. The van der Waals surface area contributed by atoms with Crippen molar-refractivity contribution in [2.24, 2.45) is 0 Å². The summed E-state index contributed by atoms with van der Waals surface area (Å²) in [6.07, 6.45) is 3.37. The number of anilines is 1. The van der Waals surface area contributed by atoms with Gasteiger partial charge in [-0.3, -0.25) is 4.98 Å². The standard InChI is InChI=1S/C13H9BrFN3/c14-12-10(7-16)1-2-11(13(12)15)18-8-9-3-5-17-6-4-9/h1-6,18H,8H2. The van der Waals surface area contributed by atoms with E-state index in [9.17, 15) is 4.39 Å². The molecule has 0 aliphatic heterocycles. The van der Waals surface area contributed by atoms with Gasteiger partial charge in [0.2, 0.25) is 0 Å². The van der Waals surface area contributed by atoms with Crippen LogP contribution in [0.3, 0.4) is 0 Å². The minimum atomic E-state index is -0.455. The van der Waals surface area contributed by atoms with Gasteiger partial charge in [0.05, 0.1) is 15.7 Å². The molecule has 1 aromatic heterocycles. The van der Waals surface area contributed by atoms with Crippen LogP contribution in [-0.4, -0.2) is 4.98 Å². The zero-order chi connectivity index (χ0) is 13.0. The third-order valence-electron chi connectivity index (χ3n) is 2.44. The van der Waals surface area contributed by atoms with Crippen molar-refractivity contribution < 1.29 is 4.39 Å². The average Bonchev–Trinajstić information content (AvgIpc) is 2.42. The third kappa shape index (κ3) is 2.66. The molecule has 5 heteroatoms. The van der Waals surface area contributed by atoms with Gasteiger partial charge in [-0.25, -0.2) is 4.39 Å². The minimum Gasteiger partial charge on any atom is -0.379 e. The predicted octanol–water partition coefficient (Wildman–Crippen LogP) is 3.47. The Labute approximate surface area is 112 Å². The second kappa shape index (κ2) is 5.61. The molecular weight excluding hydrogens is 297 g/mol. The summed E-state index contributed by atoms with van der Waals surface area (Å²) in [4.78, 5) is 3.91. The first kappa shape index (κ1) is 12.5. The fraction of sp³-hybridized carbons (Fsp3) is 0.0769. The van der Waals surface area contributed by atoms with E-state index in [0.717, 1.165) is 5.56 Å². The van der Waals surface area contributed by atoms with Gasteiger partial charge in [0.15, 0.2) is 5.82 Å². The molecule has 0 spiro atoms. The van der Waals surface area contributed by atoms with E-state index in [1.807, 2.05) is 18.2 Å². The lowest BCUT2D eigenvalue weighted by Gasteiger charge is -2.09. The number of rotatable bonds is 3. The van der Waals surface area contributed by atoms with Crippen LogP contribution in [0.5, 0.6) is 0 Å². The summed E-state index contributed by atoms with van der Waals surface area (Å²) in [6.45, 7) is 0.498. The number of pyridine rings is 1. The van der Waals surface area contributed by atoms with Gasteiger partial charge < -0.3 is 5.32 Å². The van der Waals surface area contributed by atoms with Gasteiger partial charge >= 0.3 is 0 Å². The van der Waals surface area contributed by atoms with E-state index in [-0.39, 0.29) is 10.0 Å². The summed E-state index contributed by atoms with van der Waals surface area (Å²) in [7, 11) is 0. The van der Waals surface area contributed by atoms with Gasteiger partial charge in [-0.05, 0) is 45.8 Å². The largest absolute Gasteiger partial charge is 0.379 e. The lowest BCUT2D eigenvalue weighted by atomic mass is 10.2. The molecule has 0 aliphatic carbocycles. The molecular formula is C13H9BrFN3. The first-order valence-corrected chi connectivity index (χ1v) is 6.02. The Morgan fingerprint density at radius 3 is 2.67 bits per heavy atom.